The minimum atomic E-state index is 0.342. The standard InChI is InChI=1S/C11H24N2/c1-5-10(12)9(2)13-7-6-11(3,4)8-13/h9-10H,5-8,12H2,1-4H3. The lowest BCUT2D eigenvalue weighted by Gasteiger charge is -2.30. The Labute approximate surface area is 82.5 Å². The summed E-state index contributed by atoms with van der Waals surface area (Å²) in [6, 6.07) is 0.890. The third-order valence-electron chi connectivity index (χ3n) is 3.37. The fourth-order valence-corrected chi connectivity index (χ4v) is 2.11. The van der Waals surface area contributed by atoms with Gasteiger partial charge in [0.15, 0.2) is 0 Å². The topological polar surface area (TPSA) is 29.3 Å². The first-order chi connectivity index (χ1) is 5.96. The number of nitrogens with zero attached hydrogens (tertiary/aromatic N) is 1. The van der Waals surface area contributed by atoms with E-state index in [1.165, 1.54) is 19.5 Å². The van der Waals surface area contributed by atoms with Gasteiger partial charge in [0, 0.05) is 18.6 Å². The van der Waals surface area contributed by atoms with Gasteiger partial charge in [-0.3, -0.25) is 4.90 Å². The molecule has 1 saturated heterocycles. The largest absolute Gasteiger partial charge is 0.326 e. The molecule has 2 atom stereocenters. The number of hydrogen-bond donors (Lipinski definition) is 1. The Morgan fingerprint density at radius 2 is 2.08 bits per heavy atom. The molecule has 0 amide bonds. The van der Waals surface area contributed by atoms with Crippen LogP contribution in [0.1, 0.15) is 40.5 Å². The molecule has 0 bridgehead atoms. The van der Waals surface area contributed by atoms with E-state index in [9.17, 15) is 0 Å². The van der Waals surface area contributed by atoms with Crippen LogP contribution in [0, 0.1) is 5.41 Å². The van der Waals surface area contributed by atoms with Gasteiger partial charge >= 0.3 is 0 Å². The summed E-state index contributed by atoms with van der Waals surface area (Å²) in [5.41, 5.74) is 6.54. The quantitative estimate of drug-likeness (QED) is 0.725. The van der Waals surface area contributed by atoms with Gasteiger partial charge in [-0.1, -0.05) is 20.8 Å². The molecule has 1 heterocycles. The summed E-state index contributed by atoms with van der Waals surface area (Å²) in [6.45, 7) is 11.6. The molecule has 0 aliphatic carbocycles. The number of nitrogens with two attached hydrogens (primary N) is 1. The molecule has 0 aromatic carbocycles. The normalized spacial score (nSPS) is 27.5. The fourth-order valence-electron chi connectivity index (χ4n) is 2.11. The molecule has 0 aromatic rings. The van der Waals surface area contributed by atoms with Gasteiger partial charge in [0.25, 0.3) is 0 Å². The zero-order valence-electron chi connectivity index (χ0n) is 9.51. The Kier molecular flexibility index (Phi) is 3.36. The van der Waals surface area contributed by atoms with Crippen molar-refractivity contribution in [2.24, 2.45) is 11.1 Å². The van der Waals surface area contributed by atoms with Crippen molar-refractivity contribution in [1.29, 1.82) is 0 Å². The smallest absolute Gasteiger partial charge is 0.0219 e. The maximum Gasteiger partial charge on any atom is 0.0219 e. The van der Waals surface area contributed by atoms with E-state index in [2.05, 4.69) is 32.6 Å². The lowest BCUT2D eigenvalue weighted by molar-refractivity contribution is 0.201. The minimum Gasteiger partial charge on any atom is -0.326 e. The van der Waals surface area contributed by atoms with E-state index in [0.717, 1.165) is 6.42 Å². The molecule has 1 rings (SSSR count). The Bertz CT molecular complexity index is 165. The highest BCUT2D eigenvalue weighted by atomic mass is 15.2. The van der Waals surface area contributed by atoms with Crippen LogP contribution in [-0.2, 0) is 0 Å². The zero-order valence-corrected chi connectivity index (χ0v) is 9.51. The Balaban J connectivity index is 2.46. The van der Waals surface area contributed by atoms with Gasteiger partial charge in [-0.15, -0.1) is 0 Å². The van der Waals surface area contributed by atoms with Gasteiger partial charge in [-0.2, -0.15) is 0 Å². The molecule has 1 aliphatic heterocycles. The van der Waals surface area contributed by atoms with Crippen molar-refractivity contribution < 1.29 is 0 Å². The summed E-state index contributed by atoms with van der Waals surface area (Å²) >= 11 is 0. The van der Waals surface area contributed by atoms with Gasteiger partial charge in [0.05, 0.1) is 0 Å². The molecule has 0 aromatic heterocycles. The van der Waals surface area contributed by atoms with Crippen LogP contribution >= 0.6 is 0 Å². The molecule has 13 heavy (non-hydrogen) atoms. The highest BCUT2D eigenvalue weighted by Crippen LogP contribution is 2.30. The second-order valence-corrected chi connectivity index (χ2v) is 5.20. The predicted molar refractivity (Wildman–Crippen MR) is 57.7 cm³/mol. The van der Waals surface area contributed by atoms with E-state index in [1.54, 1.807) is 0 Å². The minimum absolute atomic E-state index is 0.342. The average Bonchev–Trinajstić information content (AvgIpc) is 2.43. The molecule has 78 valence electrons. The first kappa shape index (κ1) is 11.0. The van der Waals surface area contributed by atoms with Crippen molar-refractivity contribution in [3.05, 3.63) is 0 Å². The van der Waals surface area contributed by atoms with Gasteiger partial charge < -0.3 is 5.73 Å². The second-order valence-electron chi connectivity index (χ2n) is 5.20. The van der Waals surface area contributed by atoms with Gasteiger partial charge in [-0.05, 0) is 31.7 Å². The highest BCUT2D eigenvalue weighted by Gasteiger charge is 2.32. The lowest BCUT2D eigenvalue weighted by atomic mass is 9.93. The molecular formula is C11H24N2. The summed E-state index contributed by atoms with van der Waals surface area (Å²) < 4.78 is 0. The highest BCUT2D eigenvalue weighted by molar-refractivity contribution is 4.88. The number of hydrogen-bond acceptors (Lipinski definition) is 2. The molecule has 2 heteroatoms. The van der Waals surface area contributed by atoms with Crippen LogP contribution in [0.3, 0.4) is 0 Å². The maximum absolute atomic E-state index is 6.04. The molecule has 0 radical (unpaired) electrons. The van der Waals surface area contributed by atoms with E-state index >= 15 is 0 Å². The maximum atomic E-state index is 6.04. The monoisotopic (exact) mass is 184 g/mol. The molecule has 2 unspecified atom stereocenters. The molecule has 2 nitrogen and oxygen atoms in total. The van der Waals surface area contributed by atoms with E-state index in [4.69, 9.17) is 5.73 Å². The fraction of sp³-hybridized carbons (Fsp3) is 1.00. The van der Waals surface area contributed by atoms with Gasteiger partial charge in [0.1, 0.15) is 0 Å². The van der Waals surface area contributed by atoms with Crippen LogP contribution < -0.4 is 5.73 Å². The van der Waals surface area contributed by atoms with Gasteiger partial charge in [0.2, 0.25) is 0 Å². The van der Waals surface area contributed by atoms with Crippen LogP contribution in [0.2, 0.25) is 0 Å². The van der Waals surface area contributed by atoms with Crippen molar-refractivity contribution in [2.45, 2.75) is 52.6 Å². The Morgan fingerprint density at radius 3 is 2.46 bits per heavy atom. The molecule has 0 saturated carbocycles. The first-order valence-electron chi connectivity index (χ1n) is 5.46. The van der Waals surface area contributed by atoms with Crippen molar-refractivity contribution in [2.75, 3.05) is 13.1 Å². The third kappa shape index (κ3) is 2.68. The number of rotatable bonds is 3. The second kappa shape index (κ2) is 3.97. The van der Waals surface area contributed by atoms with E-state index in [0.29, 0.717) is 17.5 Å². The van der Waals surface area contributed by atoms with Crippen LogP contribution in [0.5, 0.6) is 0 Å². The van der Waals surface area contributed by atoms with Crippen molar-refractivity contribution in [3.63, 3.8) is 0 Å². The third-order valence-corrected chi connectivity index (χ3v) is 3.37. The summed E-state index contributed by atoms with van der Waals surface area (Å²) in [5.74, 6) is 0. The Hall–Kier alpha value is -0.0800. The molecular weight excluding hydrogens is 160 g/mol. The number of likely N-dealkylation sites (tertiary alicyclic amines) is 1. The predicted octanol–water partition coefficient (Wildman–Crippen LogP) is 1.84. The summed E-state index contributed by atoms with van der Waals surface area (Å²) in [5, 5.41) is 0. The van der Waals surface area contributed by atoms with Gasteiger partial charge in [-0.25, -0.2) is 0 Å². The summed E-state index contributed by atoms with van der Waals surface area (Å²) in [6.07, 6.45) is 2.39. The first-order valence-corrected chi connectivity index (χ1v) is 5.46. The molecule has 2 N–H and O–H groups in total. The molecule has 1 fully saturated rings. The average molecular weight is 184 g/mol. The van der Waals surface area contributed by atoms with Crippen molar-refractivity contribution in [3.8, 4) is 0 Å². The summed E-state index contributed by atoms with van der Waals surface area (Å²) in [7, 11) is 0. The van der Waals surface area contributed by atoms with E-state index in [-0.39, 0.29) is 0 Å². The van der Waals surface area contributed by atoms with Crippen molar-refractivity contribution >= 4 is 0 Å². The lowest BCUT2D eigenvalue weighted by Crippen LogP contribution is -2.45. The molecule has 1 aliphatic rings. The van der Waals surface area contributed by atoms with Crippen molar-refractivity contribution in [1.82, 2.24) is 4.90 Å². The molecule has 0 spiro atoms. The van der Waals surface area contributed by atoms with Crippen LogP contribution in [-0.4, -0.2) is 30.1 Å². The van der Waals surface area contributed by atoms with E-state index < -0.39 is 0 Å². The summed E-state index contributed by atoms with van der Waals surface area (Å²) in [4.78, 5) is 2.54. The van der Waals surface area contributed by atoms with Crippen LogP contribution in [0.4, 0.5) is 0 Å². The Morgan fingerprint density at radius 1 is 1.46 bits per heavy atom. The zero-order chi connectivity index (χ0) is 10.1. The van der Waals surface area contributed by atoms with Crippen LogP contribution in [0.25, 0.3) is 0 Å². The SMILES string of the molecule is CCC(N)C(C)N1CCC(C)(C)C1. The van der Waals surface area contributed by atoms with Crippen LogP contribution in [0.15, 0.2) is 0 Å². The van der Waals surface area contributed by atoms with E-state index in [1.807, 2.05) is 0 Å².